The zero-order chi connectivity index (χ0) is 15.8. The van der Waals surface area contributed by atoms with Crippen molar-refractivity contribution >= 4 is 10.0 Å². The highest BCUT2D eigenvalue weighted by molar-refractivity contribution is 7.89. The summed E-state index contributed by atoms with van der Waals surface area (Å²) in [5.41, 5.74) is -1.21. The van der Waals surface area contributed by atoms with Gasteiger partial charge in [0.15, 0.2) is 0 Å². The lowest BCUT2D eigenvalue weighted by molar-refractivity contribution is -0.138. The van der Waals surface area contributed by atoms with Gasteiger partial charge in [0.05, 0.1) is 10.5 Å². The number of hydrogen-bond acceptors (Lipinski definition) is 3. The van der Waals surface area contributed by atoms with E-state index in [2.05, 4.69) is 10.0 Å². The van der Waals surface area contributed by atoms with E-state index in [4.69, 9.17) is 0 Å². The van der Waals surface area contributed by atoms with Crippen LogP contribution in [0.1, 0.15) is 18.1 Å². The monoisotopic (exact) mass is 322 g/mol. The molecule has 2 unspecified atom stereocenters. The van der Waals surface area contributed by atoms with E-state index >= 15 is 0 Å². The molecule has 0 bridgehead atoms. The zero-order valence-corrected chi connectivity index (χ0v) is 12.5. The summed E-state index contributed by atoms with van der Waals surface area (Å²) in [5, 5.41) is 3.04. The summed E-state index contributed by atoms with van der Waals surface area (Å²) < 4.78 is 65.7. The molecule has 2 N–H and O–H groups in total. The van der Waals surface area contributed by atoms with Gasteiger partial charge in [0.1, 0.15) is 0 Å². The summed E-state index contributed by atoms with van der Waals surface area (Å²) in [6, 6.07) is 2.87. The van der Waals surface area contributed by atoms with Gasteiger partial charge in [-0.25, -0.2) is 13.1 Å². The van der Waals surface area contributed by atoms with Gasteiger partial charge in [-0.3, -0.25) is 0 Å². The van der Waals surface area contributed by atoms with E-state index in [1.165, 1.54) is 13.0 Å². The van der Waals surface area contributed by atoms with Crippen LogP contribution in [0.4, 0.5) is 13.2 Å². The van der Waals surface area contributed by atoms with E-state index in [-0.39, 0.29) is 22.4 Å². The number of rotatable bonds is 3. The molecule has 0 aromatic heterocycles. The van der Waals surface area contributed by atoms with Crippen molar-refractivity contribution in [3.05, 3.63) is 29.3 Å². The number of alkyl halides is 3. The van der Waals surface area contributed by atoms with Gasteiger partial charge < -0.3 is 5.32 Å². The molecule has 0 radical (unpaired) electrons. The van der Waals surface area contributed by atoms with Gasteiger partial charge in [-0.05, 0) is 37.1 Å². The Morgan fingerprint density at radius 3 is 2.48 bits per heavy atom. The summed E-state index contributed by atoms with van der Waals surface area (Å²) in [6.07, 6.45) is -4.57. The lowest BCUT2D eigenvalue weighted by Gasteiger charge is -2.19. The normalized spacial score (nSPS) is 23.5. The average molecular weight is 322 g/mol. The number of nitrogens with one attached hydrogen (secondary N) is 2. The molecule has 1 aliphatic rings. The third-order valence-electron chi connectivity index (χ3n) is 3.70. The highest BCUT2D eigenvalue weighted by Crippen LogP contribution is 2.34. The van der Waals surface area contributed by atoms with Crippen molar-refractivity contribution < 1.29 is 21.6 Å². The second-order valence-electron chi connectivity index (χ2n) is 5.29. The van der Waals surface area contributed by atoms with Crippen LogP contribution in [-0.4, -0.2) is 27.5 Å². The maximum absolute atomic E-state index is 12.9. The van der Waals surface area contributed by atoms with Crippen molar-refractivity contribution in [2.45, 2.75) is 31.0 Å². The second kappa shape index (κ2) is 5.58. The van der Waals surface area contributed by atoms with Gasteiger partial charge in [0.2, 0.25) is 10.0 Å². The molecule has 1 aromatic rings. The highest BCUT2D eigenvalue weighted by atomic mass is 32.2. The second-order valence-corrected chi connectivity index (χ2v) is 6.97. The quantitative estimate of drug-likeness (QED) is 0.894. The molecule has 0 amide bonds. The van der Waals surface area contributed by atoms with E-state index in [1.54, 1.807) is 0 Å². The first-order valence-corrected chi connectivity index (χ1v) is 8.01. The Labute approximate surface area is 121 Å². The van der Waals surface area contributed by atoms with Crippen LogP contribution in [0.5, 0.6) is 0 Å². The van der Waals surface area contributed by atoms with E-state index < -0.39 is 21.8 Å². The number of hydrogen-bond donors (Lipinski definition) is 2. The van der Waals surface area contributed by atoms with Crippen molar-refractivity contribution in [2.24, 2.45) is 5.92 Å². The maximum atomic E-state index is 12.9. The van der Waals surface area contributed by atoms with Crippen molar-refractivity contribution in [3.8, 4) is 0 Å². The van der Waals surface area contributed by atoms with Crippen molar-refractivity contribution in [2.75, 3.05) is 13.1 Å². The van der Waals surface area contributed by atoms with Crippen LogP contribution in [0.15, 0.2) is 23.1 Å². The fourth-order valence-electron chi connectivity index (χ4n) is 2.44. The summed E-state index contributed by atoms with van der Waals surface area (Å²) in [4.78, 5) is -0.323. The van der Waals surface area contributed by atoms with E-state index in [0.717, 1.165) is 12.1 Å². The first kappa shape index (κ1) is 16.3. The zero-order valence-electron chi connectivity index (χ0n) is 11.7. The topological polar surface area (TPSA) is 58.2 Å². The molecule has 1 fully saturated rings. The van der Waals surface area contributed by atoms with Gasteiger partial charge in [-0.1, -0.05) is 13.0 Å². The minimum atomic E-state index is -4.57. The molecule has 2 rings (SSSR count). The number of halogens is 3. The van der Waals surface area contributed by atoms with Gasteiger partial charge in [0, 0.05) is 12.6 Å². The van der Waals surface area contributed by atoms with Gasteiger partial charge in [0.25, 0.3) is 0 Å². The molecule has 0 aliphatic carbocycles. The van der Waals surface area contributed by atoms with Crippen LogP contribution in [0.3, 0.4) is 0 Å². The molecule has 1 saturated heterocycles. The molecule has 21 heavy (non-hydrogen) atoms. The SMILES string of the molecule is Cc1c(C(F)(F)F)cccc1S(=O)(=O)NC1CNCC1C. The molecule has 1 heterocycles. The Hall–Kier alpha value is -1.12. The van der Waals surface area contributed by atoms with Crippen LogP contribution in [0, 0.1) is 12.8 Å². The van der Waals surface area contributed by atoms with Gasteiger partial charge >= 0.3 is 6.18 Å². The smallest absolute Gasteiger partial charge is 0.315 e. The first-order chi connectivity index (χ1) is 9.63. The summed E-state index contributed by atoms with van der Waals surface area (Å²) in [7, 11) is -3.98. The highest BCUT2D eigenvalue weighted by Gasteiger charge is 2.35. The van der Waals surface area contributed by atoms with Crippen LogP contribution >= 0.6 is 0 Å². The predicted octanol–water partition coefficient (Wildman–Crippen LogP) is 1.90. The van der Waals surface area contributed by atoms with E-state index in [0.29, 0.717) is 13.1 Å². The fourth-order valence-corrected chi connectivity index (χ4v) is 4.06. The molecule has 118 valence electrons. The average Bonchev–Trinajstić information content (AvgIpc) is 2.73. The number of benzene rings is 1. The minimum Gasteiger partial charge on any atom is -0.315 e. The Kier molecular flexibility index (Phi) is 4.32. The van der Waals surface area contributed by atoms with Crippen LogP contribution < -0.4 is 10.0 Å². The predicted molar refractivity (Wildman–Crippen MR) is 72.3 cm³/mol. The first-order valence-electron chi connectivity index (χ1n) is 6.53. The summed E-state index contributed by atoms with van der Waals surface area (Å²) in [6.45, 7) is 4.20. The molecule has 1 aliphatic heterocycles. The van der Waals surface area contributed by atoms with Gasteiger partial charge in [-0.2, -0.15) is 13.2 Å². The van der Waals surface area contributed by atoms with Crippen molar-refractivity contribution in [1.29, 1.82) is 0 Å². The standard InChI is InChI=1S/C13H17F3N2O2S/c1-8-6-17-7-11(8)18-21(19,20)12-5-3-4-10(9(12)2)13(14,15)16/h3-5,8,11,17-18H,6-7H2,1-2H3. The van der Waals surface area contributed by atoms with Crippen LogP contribution in [0.2, 0.25) is 0 Å². The molecule has 2 atom stereocenters. The van der Waals surface area contributed by atoms with Crippen LogP contribution in [-0.2, 0) is 16.2 Å². The van der Waals surface area contributed by atoms with Crippen molar-refractivity contribution in [1.82, 2.24) is 10.0 Å². The molecular formula is C13H17F3N2O2S. The maximum Gasteiger partial charge on any atom is 0.416 e. The Bertz CT molecular complexity index is 629. The Morgan fingerprint density at radius 2 is 1.95 bits per heavy atom. The molecule has 0 spiro atoms. The Balaban J connectivity index is 2.37. The van der Waals surface area contributed by atoms with E-state index in [9.17, 15) is 21.6 Å². The van der Waals surface area contributed by atoms with Crippen molar-refractivity contribution in [3.63, 3.8) is 0 Å². The molecule has 0 saturated carbocycles. The number of sulfonamides is 1. The van der Waals surface area contributed by atoms with Crippen LogP contribution in [0.25, 0.3) is 0 Å². The fraction of sp³-hybridized carbons (Fsp3) is 0.538. The largest absolute Gasteiger partial charge is 0.416 e. The summed E-state index contributed by atoms with van der Waals surface area (Å²) >= 11 is 0. The molecule has 8 heteroatoms. The third kappa shape index (κ3) is 3.38. The third-order valence-corrected chi connectivity index (χ3v) is 5.34. The molecule has 1 aromatic carbocycles. The minimum absolute atomic E-state index is 0.0888. The van der Waals surface area contributed by atoms with Gasteiger partial charge in [-0.15, -0.1) is 0 Å². The molecule has 4 nitrogen and oxygen atoms in total. The Morgan fingerprint density at radius 1 is 1.29 bits per heavy atom. The van der Waals surface area contributed by atoms with E-state index in [1.807, 2.05) is 6.92 Å². The molecular weight excluding hydrogens is 305 g/mol. The summed E-state index contributed by atoms with van der Waals surface area (Å²) in [5.74, 6) is 0.0888. The lowest BCUT2D eigenvalue weighted by atomic mass is 10.1. The lowest BCUT2D eigenvalue weighted by Crippen LogP contribution is -2.39.